The lowest BCUT2D eigenvalue weighted by Gasteiger charge is -2.01. The standard InChI is InChI=1S/C20H22N2OS/c1-2-3-7-16-10-12-17-18(14-16)24-20(21-17)22-19(23)13-11-15-8-5-4-6-9-15/h4-6,8-10,12,14H,2-3,7,11,13H2,1H3,(H,21,22,23). The van der Waals surface area contributed by atoms with E-state index in [2.05, 4.69) is 35.4 Å². The van der Waals surface area contributed by atoms with Crippen LogP contribution in [0, 0.1) is 0 Å². The second-order valence-corrected chi connectivity index (χ2v) is 6.99. The van der Waals surface area contributed by atoms with E-state index < -0.39 is 0 Å². The van der Waals surface area contributed by atoms with Gasteiger partial charge in [0.25, 0.3) is 0 Å². The number of hydrogen-bond acceptors (Lipinski definition) is 3. The van der Waals surface area contributed by atoms with Crippen LogP contribution in [0.2, 0.25) is 0 Å². The van der Waals surface area contributed by atoms with Crippen molar-refractivity contribution in [1.82, 2.24) is 4.98 Å². The van der Waals surface area contributed by atoms with Gasteiger partial charge >= 0.3 is 0 Å². The quantitative estimate of drug-likeness (QED) is 0.642. The summed E-state index contributed by atoms with van der Waals surface area (Å²) in [6.07, 6.45) is 4.72. The molecule has 0 spiro atoms. The molecule has 3 nitrogen and oxygen atoms in total. The van der Waals surface area contributed by atoms with Gasteiger partial charge in [-0.25, -0.2) is 4.98 Å². The lowest BCUT2D eigenvalue weighted by Crippen LogP contribution is -2.11. The maximum atomic E-state index is 12.1. The number of unbranched alkanes of at least 4 members (excludes halogenated alkanes) is 1. The summed E-state index contributed by atoms with van der Waals surface area (Å²) in [5, 5.41) is 3.62. The number of thiazole rings is 1. The normalized spacial score (nSPS) is 10.9. The van der Waals surface area contributed by atoms with E-state index in [-0.39, 0.29) is 5.91 Å². The Bertz CT molecular complexity index is 811. The average molecular weight is 338 g/mol. The van der Waals surface area contributed by atoms with Gasteiger partial charge in [0.05, 0.1) is 10.2 Å². The average Bonchev–Trinajstić information content (AvgIpc) is 3.00. The highest BCUT2D eigenvalue weighted by Gasteiger charge is 2.08. The molecule has 3 rings (SSSR count). The molecular formula is C20H22N2OS. The van der Waals surface area contributed by atoms with Crippen LogP contribution in [0.1, 0.15) is 37.3 Å². The van der Waals surface area contributed by atoms with Crippen LogP contribution in [0.25, 0.3) is 10.2 Å². The molecule has 0 bridgehead atoms. The summed E-state index contributed by atoms with van der Waals surface area (Å²) in [5.41, 5.74) is 3.48. The summed E-state index contributed by atoms with van der Waals surface area (Å²) in [6, 6.07) is 16.5. The Morgan fingerprint density at radius 3 is 2.71 bits per heavy atom. The Kier molecular flexibility index (Phi) is 5.59. The molecule has 1 heterocycles. The van der Waals surface area contributed by atoms with Gasteiger partial charge < -0.3 is 5.32 Å². The molecule has 3 aromatic rings. The Morgan fingerprint density at radius 1 is 1.08 bits per heavy atom. The summed E-state index contributed by atoms with van der Waals surface area (Å²) in [4.78, 5) is 16.6. The molecule has 0 radical (unpaired) electrons. The van der Waals surface area contributed by atoms with E-state index in [0.29, 0.717) is 11.6 Å². The predicted molar refractivity (Wildman–Crippen MR) is 102 cm³/mol. The van der Waals surface area contributed by atoms with Crippen LogP contribution in [0.3, 0.4) is 0 Å². The fourth-order valence-electron chi connectivity index (χ4n) is 2.64. The van der Waals surface area contributed by atoms with Crippen molar-refractivity contribution in [3.63, 3.8) is 0 Å². The van der Waals surface area contributed by atoms with Crippen molar-refractivity contribution >= 4 is 32.6 Å². The third kappa shape index (κ3) is 4.42. The fraction of sp³-hybridized carbons (Fsp3) is 0.300. The van der Waals surface area contributed by atoms with Gasteiger partial charge in [0.2, 0.25) is 5.91 Å². The Hall–Kier alpha value is -2.20. The first kappa shape index (κ1) is 16.7. The predicted octanol–water partition coefficient (Wildman–Crippen LogP) is 5.21. The maximum Gasteiger partial charge on any atom is 0.226 e. The summed E-state index contributed by atoms with van der Waals surface area (Å²) >= 11 is 1.55. The lowest BCUT2D eigenvalue weighted by atomic mass is 10.1. The number of hydrogen-bond donors (Lipinski definition) is 1. The zero-order valence-corrected chi connectivity index (χ0v) is 14.7. The zero-order valence-electron chi connectivity index (χ0n) is 13.9. The molecule has 1 N–H and O–H groups in total. The molecule has 24 heavy (non-hydrogen) atoms. The van der Waals surface area contributed by atoms with Crippen LogP contribution in [-0.4, -0.2) is 10.9 Å². The van der Waals surface area contributed by atoms with Gasteiger partial charge in [0.15, 0.2) is 5.13 Å². The minimum atomic E-state index is 0.0177. The summed E-state index contributed by atoms with van der Waals surface area (Å²) in [6.45, 7) is 2.20. The van der Waals surface area contributed by atoms with Crippen molar-refractivity contribution < 1.29 is 4.79 Å². The van der Waals surface area contributed by atoms with Crippen LogP contribution in [0.4, 0.5) is 5.13 Å². The highest BCUT2D eigenvalue weighted by atomic mass is 32.1. The van der Waals surface area contributed by atoms with E-state index in [0.717, 1.165) is 23.1 Å². The molecule has 4 heteroatoms. The van der Waals surface area contributed by atoms with Gasteiger partial charge in [-0.05, 0) is 42.5 Å². The van der Waals surface area contributed by atoms with E-state index in [1.165, 1.54) is 24.0 Å². The second-order valence-electron chi connectivity index (χ2n) is 5.96. The Balaban J connectivity index is 1.61. The number of fused-ring (bicyclic) bond motifs is 1. The van der Waals surface area contributed by atoms with Crippen LogP contribution >= 0.6 is 11.3 Å². The van der Waals surface area contributed by atoms with Crippen LogP contribution in [0.15, 0.2) is 48.5 Å². The lowest BCUT2D eigenvalue weighted by molar-refractivity contribution is -0.116. The van der Waals surface area contributed by atoms with Crippen molar-refractivity contribution in [3.05, 3.63) is 59.7 Å². The number of aromatic nitrogens is 1. The van der Waals surface area contributed by atoms with E-state index in [4.69, 9.17) is 0 Å². The van der Waals surface area contributed by atoms with Gasteiger partial charge in [-0.2, -0.15) is 0 Å². The number of nitrogens with one attached hydrogen (secondary N) is 1. The number of carbonyl (C=O) groups excluding carboxylic acids is 1. The van der Waals surface area contributed by atoms with Gasteiger partial charge in [0, 0.05) is 6.42 Å². The first-order valence-corrected chi connectivity index (χ1v) is 9.29. The van der Waals surface area contributed by atoms with Crippen molar-refractivity contribution in [1.29, 1.82) is 0 Å². The summed E-state index contributed by atoms with van der Waals surface area (Å²) in [5.74, 6) is 0.0177. The number of carbonyl (C=O) groups is 1. The van der Waals surface area contributed by atoms with E-state index in [9.17, 15) is 4.79 Å². The summed E-state index contributed by atoms with van der Waals surface area (Å²) < 4.78 is 1.14. The first-order valence-electron chi connectivity index (χ1n) is 8.48. The molecule has 0 aliphatic heterocycles. The Morgan fingerprint density at radius 2 is 1.92 bits per heavy atom. The number of aryl methyl sites for hydroxylation is 2. The van der Waals surface area contributed by atoms with Crippen LogP contribution < -0.4 is 5.32 Å². The largest absolute Gasteiger partial charge is 0.302 e. The molecule has 0 atom stereocenters. The molecule has 1 aromatic heterocycles. The zero-order chi connectivity index (χ0) is 16.8. The van der Waals surface area contributed by atoms with E-state index >= 15 is 0 Å². The molecule has 2 aromatic carbocycles. The Labute approximate surface area is 146 Å². The second kappa shape index (κ2) is 8.06. The molecule has 0 aliphatic rings. The topological polar surface area (TPSA) is 42.0 Å². The van der Waals surface area contributed by atoms with Gasteiger partial charge in [-0.15, -0.1) is 0 Å². The molecule has 0 aliphatic carbocycles. The molecule has 124 valence electrons. The molecule has 0 saturated carbocycles. The molecular weight excluding hydrogens is 316 g/mol. The number of benzene rings is 2. The number of nitrogens with zero attached hydrogens (tertiary/aromatic N) is 1. The number of amides is 1. The maximum absolute atomic E-state index is 12.1. The molecule has 1 amide bonds. The van der Waals surface area contributed by atoms with Crippen LogP contribution in [0.5, 0.6) is 0 Å². The van der Waals surface area contributed by atoms with Gasteiger partial charge in [-0.1, -0.05) is 61.1 Å². The van der Waals surface area contributed by atoms with E-state index in [1.807, 2.05) is 30.3 Å². The SMILES string of the molecule is CCCCc1ccc2nc(NC(=O)CCc3ccccc3)sc2c1. The third-order valence-electron chi connectivity index (χ3n) is 4.00. The molecule has 0 fully saturated rings. The monoisotopic (exact) mass is 338 g/mol. The first-order chi connectivity index (χ1) is 11.7. The molecule has 0 unspecified atom stereocenters. The van der Waals surface area contributed by atoms with Gasteiger partial charge in [-0.3, -0.25) is 4.79 Å². The third-order valence-corrected chi connectivity index (χ3v) is 4.94. The van der Waals surface area contributed by atoms with Crippen molar-refractivity contribution in [2.24, 2.45) is 0 Å². The number of rotatable bonds is 7. The smallest absolute Gasteiger partial charge is 0.226 e. The minimum absolute atomic E-state index is 0.0177. The highest BCUT2D eigenvalue weighted by molar-refractivity contribution is 7.22. The van der Waals surface area contributed by atoms with Gasteiger partial charge in [0.1, 0.15) is 0 Å². The summed E-state index contributed by atoms with van der Waals surface area (Å²) in [7, 11) is 0. The van der Waals surface area contributed by atoms with Crippen molar-refractivity contribution in [2.75, 3.05) is 5.32 Å². The van der Waals surface area contributed by atoms with Crippen molar-refractivity contribution in [2.45, 2.75) is 39.0 Å². The van der Waals surface area contributed by atoms with Crippen LogP contribution in [-0.2, 0) is 17.6 Å². The fourth-order valence-corrected chi connectivity index (χ4v) is 3.59. The minimum Gasteiger partial charge on any atom is -0.302 e. The van der Waals surface area contributed by atoms with Crippen molar-refractivity contribution in [3.8, 4) is 0 Å². The highest BCUT2D eigenvalue weighted by Crippen LogP contribution is 2.27. The van der Waals surface area contributed by atoms with E-state index in [1.54, 1.807) is 11.3 Å². The molecule has 0 saturated heterocycles. The number of anilines is 1.